The highest BCUT2D eigenvalue weighted by Gasteiger charge is 2.15. The van der Waals surface area contributed by atoms with Crippen molar-refractivity contribution in [1.29, 1.82) is 0 Å². The minimum Gasteiger partial charge on any atom is -0.436 e. The quantitative estimate of drug-likeness (QED) is 0.870. The lowest BCUT2D eigenvalue weighted by molar-refractivity contribution is 0.491. The molecule has 18 heavy (non-hydrogen) atoms. The number of hydrogen-bond acceptors (Lipinski definition) is 3. The molecular weight excluding hydrogens is 258 g/mol. The van der Waals surface area contributed by atoms with Crippen LogP contribution in [0.1, 0.15) is 0 Å². The van der Waals surface area contributed by atoms with Crippen molar-refractivity contribution in [3.63, 3.8) is 0 Å². The molecule has 0 bridgehead atoms. The number of halogens is 1. The van der Waals surface area contributed by atoms with Crippen molar-refractivity contribution in [2.24, 2.45) is 0 Å². The summed E-state index contributed by atoms with van der Waals surface area (Å²) in [7, 11) is -2.79. The number of rotatable bonds is 3. The van der Waals surface area contributed by atoms with E-state index in [1.807, 2.05) is 0 Å². The SMILES string of the molecule is CP(C)(=O)Oc1c[nH]n(-c2ccc(F)cc2)c1=O. The fourth-order valence-electron chi connectivity index (χ4n) is 1.44. The zero-order chi connectivity index (χ0) is 13.3. The van der Waals surface area contributed by atoms with E-state index in [4.69, 9.17) is 4.52 Å². The van der Waals surface area contributed by atoms with Gasteiger partial charge in [0, 0.05) is 13.3 Å². The average molecular weight is 270 g/mol. The molecule has 1 heterocycles. The van der Waals surface area contributed by atoms with Crippen LogP contribution in [0.3, 0.4) is 0 Å². The molecule has 2 rings (SSSR count). The maximum atomic E-state index is 12.8. The molecule has 0 fully saturated rings. The molecule has 5 nitrogen and oxygen atoms in total. The molecule has 0 unspecified atom stereocenters. The second-order valence-corrected chi connectivity index (χ2v) is 6.78. The van der Waals surface area contributed by atoms with Crippen molar-refractivity contribution in [1.82, 2.24) is 9.78 Å². The maximum Gasteiger partial charge on any atom is 0.314 e. The fraction of sp³-hybridized carbons (Fsp3) is 0.182. The average Bonchev–Trinajstić information content (AvgIpc) is 2.60. The van der Waals surface area contributed by atoms with Gasteiger partial charge in [0.1, 0.15) is 5.82 Å². The number of nitrogens with zero attached hydrogens (tertiary/aromatic N) is 1. The lowest BCUT2D eigenvalue weighted by atomic mass is 10.3. The molecule has 0 amide bonds. The summed E-state index contributed by atoms with van der Waals surface area (Å²) < 4.78 is 30.5. The molecule has 2 aromatic rings. The van der Waals surface area contributed by atoms with Crippen molar-refractivity contribution >= 4 is 7.37 Å². The van der Waals surface area contributed by atoms with Crippen LogP contribution >= 0.6 is 7.37 Å². The first-order chi connectivity index (χ1) is 8.37. The zero-order valence-corrected chi connectivity index (χ0v) is 10.8. The van der Waals surface area contributed by atoms with Gasteiger partial charge in [0.15, 0.2) is 0 Å². The van der Waals surface area contributed by atoms with Crippen molar-refractivity contribution in [2.75, 3.05) is 13.3 Å². The summed E-state index contributed by atoms with van der Waals surface area (Å²) in [6.07, 6.45) is 1.32. The Hall–Kier alpha value is -1.81. The van der Waals surface area contributed by atoms with Gasteiger partial charge in [-0.3, -0.25) is 14.5 Å². The van der Waals surface area contributed by atoms with Gasteiger partial charge < -0.3 is 4.52 Å². The third-order valence-electron chi connectivity index (χ3n) is 2.14. The summed E-state index contributed by atoms with van der Waals surface area (Å²) in [5.74, 6) is -0.408. The molecule has 0 atom stereocenters. The predicted molar refractivity (Wildman–Crippen MR) is 66.4 cm³/mol. The highest BCUT2D eigenvalue weighted by Crippen LogP contribution is 2.37. The van der Waals surface area contributed by atoms with E-state index in [9.17, 15) is 13.8 Å². The van der Waals surface area contributed by atoms with Gasteiger partial charge in [-0.2, -0.15) is 0 Å². The van der Waals surface area contributed by atoms with E-state index in [0.29, 0.717) is 5.69 Å². The Morgan fingerprint density at radius 2 is 1.89 bits per heavy atom. The van der Waals surface area contributed by atoms with Gasteiger partial charge in [0.2, 0.25) is 13.1 Å². The van der Waals surface area contributed by atoms with Gasteiger partial charge in [-0.25, -0.2) is 9.07 Å². The van der Waals surface area contributed by atoms with Crippen LogP contribution in [0.2, 0.25) is 0 Å². The number of nitrogens with one attached hydrogen (secondary N) is 1. The summed E-state index contributed by atoms with van der Waals surface area (Å²) in [5.41, 5.74) is 0.00354. The van der Waals surface area contributed by atoms with Gasteiger partial charge >= 0.3 is 5.56 Å². The van der Waals surface area contributed by atoms with Crippen molar-refractivity contribution in [3.8, 4) is 11.4 Å². The molecule has 1 aromatic heterocycles. The van der Waals surface area contributed by atoms with Crippen molar-refractivity contribution in [2.45, 2.75) is 0 Å². The molecule has 0 radical (unpaired) electrons. The Kier molecular flexibility index (Phi) is 3.13. The van der Waals surface area contributed by atoms with E-state index < -0.39 is 12.9 Å². The van der Waals surface area contributed by atoms with Crippen molar-refractivity contribution < 1.29 is 13.5 Å². The molecular formula is C11H12FN2O3P. The zero-order valence-electron chi connectivity index (χ0n) is 9.88. The standard InChI is InChI=1S/C11H12FN2O3P/c1-18(2,16)17-10-7-13-14(11(10)15)9-5-3-8(12)4-6-9/h3-7,13H,1-2H3. The highest BCUT2D eigenvalue weighted by molar-refractivity contribution is 7.57. The fourth-order valence-corrected chi connectivity index (χ4v) is 2.04. The smallest absolute Gasteiger partial charge is 0.314 e. The maximum absolute atomic E-state index is 12.8. The highest BCUT2D eigenvalue weighted by atomic mass is 31.2. The first-order valence-electron chi connectivity index (χ1n) is 5.18. The third-order valence-corrected chi connectivity index (χ3v) is 2.78. The lowest BCUT2D eigenvalue weighted by Crippen LogP contribution is -2.15. The summed E-state index contributed by atoms with van der Waals surface area (Å²) in [6, 6.07) is 5.39. The Labute approximate surface area is 103 Å². The third kappa shape index (κ3) is 2.71. The topological polar surface area (TPSA) is 64.1 Å². The van der Waals surface area contributed by atoms with E-state index >= 15 is 0 Å². The van der Waals surface area contributed by atoms with Crippen LogP contribution in [0.5, 0.6) is 5.75 Å². The number of aromatic nitrogens is 2. The number of benzene rings is 1. The van der Waals surface area contributed by atoms with Gasteiger partial charge in [0.25, 0.3) is 0 Å². The molecule has 0 saturated carbocycles. The normalized spacial score (nSPS) is 11.5. The Morgan fingerprint density at radius 1 is 1.28 bits per heavy atom. The summed E-state index contributed by atoms with van der Waals surface area (Å²) in [6.45, 7) is 2.84. The van der Waals surface area contributed by atoms with Crippen LogP contribution < -0.4 is 10.1 Å². The summed E-state index contributed by atoms with van der Waals surface area (Å²) in [5, 5.41) is 2.67. The van der Waals surface area contributed by atoms with E-state index in [1.165, 1.54) is 48.5 Å². The van der Waals surface area contributed by atoms with Crippen LogP contribution in [-0.2, 0) is 4.57 Å². The van der Waals surface area contributed by atoms with E-state index in [1.54, 1.807) is 0 Å². The van der Waals surface area contributed by atoms with Crippen LogP contribution in [0, 0.1) is 5.82 Å². The Morgan fingerprint density at radius 3 is 2.44 bits per heavy atom. The largest absolute Gasteiger partial charge is 0.436 e. The molecule has 0 spiro atoms. The number of hydrogen-bond donors (Lipinski definition) is 1. The first-order valence-corrected chi connectivity index (χ1v) is 7.70. The predicted octanol–water partition coefficient (Wildman–Crippen LogP) is 2.22. The Bertz CT molecular complexity index is 654. The molecule has 96 valence electrons. The minimum atomic E-state index is -2.79. The molecule has 0 aliphatic rings. The van der Waals surface area contributed by atoms with Crippen LogP contribution in [0.25, 0.3) is 5.69 Å². The summed E-state index contributed by atoms with van der Waals surface area (Å²) >= 11 is 0. The van der Waals surface area contributed by atoms with Gasteiger partial charge in [-0.05, 0) is 24.3 Å². The van der Waals surface area contributed by atoms with Crippen LogP contribution in [0.4, 0.5) is 4.39 Å². The lowest BCUT2D eigenvalue weighted by Gasteiger charge is -2.06. The molecule has 7 heteroatoms. The molecule has 1 N–H and O–H groups in total. The van der Waals surface area contributed by atoms with Crippen molar-refractivity contribution in [3.05, 3.63) is 46.6 Å². The van der Waals surface area contributed by atoms with Gasteiger partial charge in [-0.15, -0.1) is 0 Å². The second-order valence-electron chi connectivity index (χ2n) is 4.10. The van der Waals surface area contributed by atoms with Crippen LogP contribution in [-0.4, -0.2) is 23.1 Å². The number of H-pyrrole nitrogens is 1. The molecule has 0 saturated heterocycles. The van der Waals surface area contributed by atoms with E-state index in [0.717, 1.165) is 0 Å². The number of aromatic amines is 1. The Balaban J connectivity index is 2.40. The van der Waals surface area contributed by atoms with Crippen LogP contribution in [0.15, 0.2) is 35.3 Å². The monoisotopic (exact) mass is 270 g/mol. The molecule has 0 aliphatic carbocycles. The first kappa shape index (κ1) is 12.6. The van der Waals surface area contributed by atoms with E-state index in [2.05, 4.69) is 5.10 Å². The van der Waals surface area contributed by atoms with E-state index in [-0.39, 0.29) is 11.6 Å². The van der Waals surface area contributed by atoms with Gasteiger partial charge in [-0.1, -0.05) is 0 Å². The minimum absolute atomic E-state index is 0.0207. The molecule has 1 aromatic carbocycles. The van der Waals surface area contributed by atoms with Gasteiger partial charge in [0.05, 0.1) is 11.9 Å². The summed E-state index contributed by atoms with van der Waals surface area (Å²) in [4.78, 5) is 11.9. The molecule has 0 aliphatic heterocycles. The second kappa shape index (κ2) is 4.46.